The van der Waals surface area contributed by atoms with Gasteiger partial charge in [-0.3, -0.25) is 4.90 Å². The summed E-state index contributed by atoms with van der Waals surface area (Å²) in [7, 11) is 0. The van der Waals surface area contributed by atoms with Crippen LogP contribution < -0.4 is 0 Å². The highest BCUT2D eigenvalue weighted by atomic mass is 127. The molecule has 0 saturated heterocycles. The SMILES string of the molecule is CCN(CC)Cc1ccccc1.I. The van der Waals surface area contributed by atoms with Crippen molar-refractivity contribution in [1.82, 2.24) is 4.90 Å². The van der Waals surface area contributed by atoms with Crippen LogP contribution >= 0.6 is 24.0 Å². The summed E-state index contributed by atoms with van der Waals surface area (Å²) in [5.74, 6) is 0. The van der Waals surface area contributed by atoms with E-state index in [0.29, 0.717) is 0 Å². The second-order valence-electron chi connectivity index (χ2n) is 2.95. The zero-order valence-electron chi connectivity index (χ0n) is 8.36. The molecule has 13 heavy (non-hydrogen) atoms. The maximum atomic E-state index is 2.41. The monoisotopic (exact) mass is 291 g/mol. The van der Waals surface area contributed by atoms with Crippen molar-refractivity contribution >= 4 is 24.0 Å². The molecule has 0 amide bonds. The van der Waals surface area contributed by atoms with Gasteiger partial charge in [-0.2, -0.15) is 0 Å². The number of nitrogens with zero attached hydrogens (tertiary/aromatic N) is 1. The minimum Gasteiger partial charge on any atom is -0.300 e. The molecule has 0 aliphatic rings. The maximum absolute atomic E-state index is 2.41. The van der Waals surface area contributed by atoms with Gasteiger partial charge < -0.3 is 0 Å². The summed E-state index contributed by atoms with van der Waals surface area (Å²) in [5.41, 5.74) is 1.40. The average molecular weight is 291 g/mol. The Kier molecular flexibility index (Phi) is 7.28. The highest BCUT2D eigenvalue weighted by Gasteiger charge is 1.98. The molecule has 0 unspecified atom stereocenters. The van der Waals surface area contributed by atoms with Crippen LogP contribution in [-0.4, -0.2) is 18.0 Å². The molecule has 1 nitrogen and oxygen atoms in total. The van der Waals surface area contributed by atoms with Crippen LogP contribution in [-0.2, 0) is 6.54 Å². The predicted octanol–water partition coefficient (Wildman–Crippen LogP) is 3.15. The van der Waals surface area contributed by atoms with E-state index in [9.17, 15) is 0 Å². The number of halogens is 1. The molecule has 1 aromatic carbocycles. The molecule has 0 saturated carbocycles. The largest absolute Gasteiger partial charge is 0.300 e. The van der Waals surface area contributed by atoms with Crippen LogP contribution in [0.15, 0.2) is 30.3 Å². The standard InChI is InChI=1S/C11H17N.HI/c1-3-12(4-2)10-11-8-6-5-7-9-11;/h5-9H,3-4,10H2,1-2H3;1H. The minimum atomic E-state index is 0. The van der Waals surface area contributed by atoms with Crippen LogP contribution in [0.2, 0.25) is 0 Å². The molecule has 0 heterocycles. The number of hydrogen-bond acceptors (Lipinski definition) is 1. The van der Waals surface area contributed by atoms with Crippen LogP contribution in [0.4, 0.5) is 0 Å². The molecule has 0 spiro atoms. The molecule has 0 radical (unpaired) electrons. The first kappa shape index (κ1) is 12.9. The van der Waals surface area contributed by atoms with E-state index in [1.807, 2.05) is 0 Å². The summed E-state index contributed by atoms with van der Waals surface area (Å²) >= 11 is 0. The molecule has 0 aliphatic carbocycles. The van der Waals surface area contributed by atoms with Gasteiger partial charge in [0, 0.05) is 6.54 Å². The van der Waals surface area contributed by atoms with E-state index >= 15 is 0 Å². The third-order valence-corrected chi connectivity index (χ3v) is 2.14. The lowest BCUT2D eigenvalue weighted by molar-refractivity contribution is 0.296. The van der Waals surface area contributed by atoms with Gasteiger partial charge in [0.25, 0.3) is 0 Å². The fourth-order valence-corrected chi connectivity index (χ4v) is 1.29. The van der Waals surface area contributed by atoms with Gasteiger partial charge in [-0.15, -0.1) is 24.0 Å². The van der Waals surface area contributed by atoms with Gasteiger partial charge in [0.1, 0.15) is 0 Å². The zero-order valence-corrected chi connectivity index (χ0v) is 10.7. The molecule has 0 N–H and O–H groups in total. The van der Waals surface area contributed by atoms with Crippen molar-refractivity contribution in [3.63, 3.8) is 0 Å². The van der Waals surface area contributed by atoms with Crippen molar-refractivity contribution in [1.29, 1.82) is 0 Å². The third kappa shape index (κ3) is 4.62. The van der Waals surface area contributed by atoms with Gasteiger partial charge in [-0.25, -0.2) is 0 Å². The fourth-order valence-electron chi connectivity index (χ4n) is 1.29. The number of rotatable bonds is 4. The van der Waals surface area contributed by atoms with E-state index < -0.39 is 0 Å². The van der Waals surface area contributed by atoms with Crippen molar-refractivity contribution in [3.05, 3.63) is 35.9 Å². The molecular weight excluding hydrogens is 273 g/mol. The zero-order chi connectivity index (χ0) is 8.81. The highest BCUT2D eigenvalue weighted by molar-refractivity contribution is 14.0. The van der Waals surface area contributed by atoms with Crippen LogP contribution in [0, 0.1) is 0 Å². The van der Waals surface area contributed by atoms with E-state index in [1.165, 1.54) is 5.56 Å². The van der Waals surface area contributed by atoms with Crippen molar-refractivity contribution in [2.75, 3.05) is 13.1 Å². The fraction of sp³-hybridized carbons (Fsp3) is 0.455. The Morgan fingerprint density at radius 3 is 2.00 bits per heavy atom. The van der Waals surface area contributed by atoms with Crippen LogP contribution in [0.1, 0.15) is 19.4 Å². The predicted molar refractivity (Wildman–Crippen MR) is 68.5 cm³/mol. The summed E-state index contributed by atoms with van der Waals surface area (Å²) in [5, 5.41) is 0. The van der Waals surface area contributed by atoms with Crippen LogP contribution in [0.25, 0.3) is 0 Å². The first-order chi connectivity index (χ1) is 5.86. The Labute approximate surface area is 98.2 Å². The van der Waals surface area contributed by atoms with E-state index in [0.717, 1.165) is 19.6 Å². The molecule has 2 heteroatoms. The molecule has 0 bridgehead atoms. The number of hydrogen-bond donors (Lipinski definition) is 0. The van der Waals surface area contributed by atoms with E-state index in [4.69, 9.17) is 0 Å². The average Bonchev–Trinajstić information content (AvgIpc) is 2.16. The Morgan fingerprint density at radius 1 is 1.00 bits per heavy atom. The Morgan fingerprint density at radius 2 is 1.54 bits per heavy atom. The summed E-state index contributed by atoms with van der Waals surface area (Å²) in [6, 6.07) is 10.6. The van der Waals surface area contributed by atoms with Crippen molar-refractivity contribution in [2.24, 2.45) is 0 Å². The Bertz CT molecular complexity index is 207. The lowest BCUT2D eigenvalue weighted by Gasteiger charge is -2.17. The second-order valence-corrected chi connectivity index (χ2v) is 2.95. The molecule has 0 fully saturated rings. The van der Waals surface area contributed by atoms with Crippen LogP contribution in [0.5, 0.6) is 0 Å². The molecule has 74 valence electrons. The smallest absolute Gasteiger partial charge is 0.0233 e. The summed E-state index contributed by atoms with van der Waals surface area (Å²) < 4.78 is 0. The van der Waals surface area contributed by atoms with Gasteiger partial charge in [0.05, 0.1) is 0 Å². The van der Waals surface area contributed by atoms with E-state index in [1.54, 1.807) is 0 Å². The lowest BCUT2D eigenvalue weighted by Crippen LogP contribution is -2.21. The third-order valence-electron chi connectivity index (χ3n) is 2.14. The Balaban J connectivity index is 0.00000144. The molecule has 1 rings (SSSR count). The number of benzene rings is 1. The van der Waals surface area contributed by atoms with Gasteiger partial charge in [-0.1, -0.05) is 44.2 Å². The highest BCUT2D eigenvalue weighted by Crippen LogP contribution is 2.02. The topological polar surface area (TPSA) is 3.24 Å². The molecule has 0 atom stereocenters. The van der Waals surface area contributed by atoms with E-state index in [-0.39, 0.29) is 24.0 Å². The summed E-state index contributed by atoms with van der Waals surface area (Å²) in [6.45, 7) is 7.74. The van der Waals surface area contributed by atoms with Crippen molar-refractivity contribution < 1.29 is 0 Å². The van der Waals surface area contributed by atoms with Crippen molar-refractivity contribution in [2.45, 2.75) is 20.4 Å². The Hall–Kier alpha value is -0.0900. The van der Waals surface area contributed by atoms with Gasteiger partial charge in [0.15, 0.2) is 0 Å². The van der Waals surface area contributed by atoms with Gasteiger partial charge >= 0.3 is 0 Å². The van der Waals surface area contributed by atoms with Gasteiger partial charge in [-0.05, 0) is 18.7 Å². The molecule has 0 aliphatic heterocycles. The van der Waals surface area contributed by atoms with Crippen molar-refractivity contribution in [3.8, 4) is 0 Å². The first-order valence-corrected chi connectivity index (χ1v) is 4.63. The maximum Gasteiger partial charge on any atom is 0.0233 e. The van der Waals surface area contributed by atoms with Crippen LogP contribution in [0.3, 0.4) is 0 Å². The minimum absolute atomic E-state index is 0. The molecule has 0 aromatic heterocycles. The normalized spacial score (nSPS) is 9.77. The summed E-state index contributed by atoms with van der Waals surface area (Å²) in [6.07, 6.45) is 0. The lowest BCUT2D eigenvalue weighted by atomic mass is 10.2. The van der Waals surface area contributed by atoms with Gasteiger partial charge in [0.2, 0.25) is 0 Å². The first-order valence-electron chi connectivity index (χ1n) is 4.63. The summed E-state index contributed by atoms with van der Waals surface area (Å²) in [4.78, 5) is 2.41. The molecule has 1 aromatic rings. The van der Waals surface area contributed by atoms with E-state index in [2.05, 4.69) is 49.1 Å². The second kappa shape index (κ2) is 7.33. The molecular formula is C11H18IN. The quantitative estimate of drug-likeness (QED) is 0.770.